The van der Waals surface area contributed by atoms with Gasteiger partial charge in [0.15, 0.2) is 5.78 Å². The molecule has 0 aliphatic heterocycles. The number of anilines is 2. The molecule has 0 atom stereocenters. The van der Waals surface area contributed by atoms with Crippen molar-refractivity contribution in [1.82, 2.24) is 9.97 Å². The van der Waals surface area contributed by atoms with Gasteiger partial charge >= 0.3 is 0 Å². The maximum Gasteiger partial charge on any atom is 0.169 e. The fraction of sp³-hybridized carbons (Fsp3) is 0.105. The van der Waals surface area contributed by atoms with Crippen molar-refractivity contribution in [2.75, 3.05) is 5.32 Å². The zero-order chi connectivity index (χ0) is 17.8. The van der Waals surface area contributed by atoms with Gasteiger partial charge in [-0.2, -0.15) is 0 Å². The zero-order valence-electron chi connectivity index (χ0n) is 13.5. The number of rotatable bonds is 5. The van der Waals surface area contributed by atoms with Crippen LogP contribution in [0.2, 0.25) is 5.15 Å². The Morgan fingerprint density at radius 3 is 2.64 bits per heavy atom. The summed E-state index contributed by atoms with van der Waals surface area (Å²) in [5.41, 5.74) is 3.33. The molecule has 3 aromatic rings. The van der Waals surface area contributed by atoms with Crippen LogP contribution in [0.3, 0.4) is 0 Å². The molecule has 0 unspecified atom stereocenters. The second kappa shape index (κ2) is 7.40. The number of aromatic nitrogens is 2. The highest BCUT2D eigenvalue weighted by atomic mass is 35.5. The van der Waals surface area contributed by atoms with E-state index in [2.05, 4.69) is 15.3 Å². The number of halogens is 2. The lowest BCUT2D eigenvalue weighted by Crippen LogP contribution is -2.08. The molecule has 0 saturated heterocycles. The van der Waals surface area contributed by atoms with E-state index in [0.29, 0.717) is 27.8 Å². The van der Waals surface area contributed by atoms with Gasteiger partial charge in [0.25, 0.3) is 0 Å². The molecule has 0 saturated carbocycles. The van der Waals surface area contributed by atoms with Gasteiger partial charge in [0.2, 0.25) is 0 Å². The van der Waals surface area contributed by atoms with Gasteiger partial charge in [-0.05, 0) is 55.0 Å². The van der Waals surface area contributed by atoms with Crippen molar-refractivity contribution in [1.29, 1.82) is 0 Å². The fourth-order valence-electron chi connectivity index (χ4n) is 2.47. The topological polar surface area (TPSA) is 54.9 Å². The van der Waals surface area contributed by atoms with Crippen molar-refractivity contribution >= 4 is 28.8 Å². The summed E-state index contributed by atoms with van der Waals surface area (Å²) in [5, 5.41) is 3.52. The average molecular weight is 356 g/mol. The van der Waals surface area contributed by atoms with E-state index in [9.17, 15) is 9.18 Å². The Labute approximate surface area is 149 Å². The summed E-state index contributed by atoms with van der Waals surface area (Å²) >= 11 is 5.84. The number of carbonyl (C=O) groups excluding carboxylic acids is 1. The van der Waals surface area contributed by atoms with Gasteiger partial charge in [-0.1, -0.05) is 11.6 Å². The van der Waals surface area contributed by atoms with Gasteiger partial charge in [-0.3, -0.25) is 9.78 Å². The molecule has 0 amide bonds. The average Bonchev–Trinajstić information content (AvgIpc) is 2.58. The van der Waals surface area contributed by atoms with Gasteiger partial charge in [0.05, 0.1) is 11.9 Å². The predicted molar refractivity (Wildman–Crippen MR) is 95.9 cm³/mol. The lowest BCUT2D eigenvalue weighted by atomic mass is 10.0. The third kappa shape index (κ3) is 4.19. The Morgan fingerprint density at radius 1 is 1.16 bits per heavy atom. The Balaban J connectivity index is 1.83. The normalized spacial score (nSPS) is 10.5. The largest absolute Gasteiger partial charge is 0.354 e. The van der Waals surface area contributed by atoms with Crippen LogP contribution in [-0.4, -0.2) is 15.8 Å². The summed E-state index contributed by atoms with van der Waals surface area (Å²) in [6, 6.07) is 11.1. The molecular formula is C19H15ClFN3O. The first kappa shape index (κ1) is 17.0. The molecule has 2 heterocycles. The van der Waals surface area contributed by atoms with Crippen molar-refractivity contribution in [2.45, 2.75) is 13.3 Å². The Morgan fingerprint density at radius 2 is 1.92 bits per heavy atom. The minimum absolute atomic E-state index is 0.0602. The number of hydrogen-bond donors (Lipinski definition) is 1. The van der Waals surface area contributed by atoms with Crippen LogP contribution in [0.25, 0.3) is 0 Å². The van der Waals surface area contributed by atoms with Gasteiger partial charge < -0.3 is 5.32 Å². The van der Waals surface area contributed by atoms with Gasteiger partial charge in [-0.25, -0.2) is 9.37 Å². The van der Waals surface area contributed by atoms with E-state index < -0.39 is 0 Å². The van der Waals surface area contributed by atoms with Crippen LogP contribution in [0.15, 0.2) is 54.9 Å². The van der Waals surface area contributed by atoms with E-state index in [1.54, 1.807) is 49.6 Å². The molecule has 1 aromatic carbocycles. The minimum atomic E-state index is -0.308. The molecule has 0 aliphatic carbocycles. The lowest BCUT2D eigenvalue weighted by molar-refractivity contribution is 0.0992. The number of aryl methyl sites for hydroxylation is 1. The molecule has 3 rings (SSSR count). The van der Waals surface area contributed by atoms with Crippen LogP contribution < -0.4 is 5.32 Å². The molecule has 4 nitrogen and oxygen atoms in total. The lowest BCUT2D eigenvalue weighted by Gasteiger charge is -2.12. The maximum absolute atomic E-state index is 13.0. The molecular weight excluding hydrogens is 341 g/mol. The van der Waals surface area contributed by atoms with Crippen LogP contribution in [0, 0.1) is 12.7 Å². The monoisotopic (exact) mass is 355 g/mol. The highest BCUT2D eigenvalue weighted by Gasteiger charge is 2.14. The van der Waals surface area contributed by atoms with Crippen LogP contribution in [0.5, 0.6) is 0 Å². The molecule has 0 bridgehead atoms. The molecule has 0 radical (unpaired) electrons. The number of Topliss-reactive ketones (excluding diaryl/α,β-unsaturated/α-hetero) is 1. The van der Waals surface area contributed by atoms with Crippen molar-refractivity contribution in [3.05, 3.63) is 82.6 Å². The number of benzene rings is 1. The first-order chi connectivity index (χ1) is 12.0. The predicted octanol–water partition coefficient (Wildman–Crippen LogP) is 4.75. The highest BCUT2D eigenvalue weighted by Crippen LogP contribution is 2.22. The van der Waals surface area contributed by atoms with E-state index in [1.807, 2.05) is 0 Å². The Bertz CT molecular complexity index is 913. The molecule has 6 heteroatoms. The number of nitrogens with zero attached hydrogens (tertiary/aromatic N) is 2. The number of carbonyl (C=O) groups is 1. The summed E-state index contributed by atoms with van der Waals surface area (Å²) in [4.78, 5) is 20.8. The molecule has 25 heavy (non-hydrogen) atoms. The smallest absolute Gasteiger partial charge is 0.169 e. The highest BCUT2D eigenvalue weighted by molar-refractivity contribution is 6.29. The van der Waals surface area contributed by atoms with Crippen molar-refractivity contribution < 1.29 is 9.18 Å². The first-order valence-corrected chi connectivity index (χ1v) is 8.02. The summed E-state index contributed by atoms with van der Waals surface area (Å²) in [7, 11) is 0. The Kier molecular flexibility index (Phi) is 5.05. The number of pyridine rings is 2. The van der Waals surface area contributed by atoms with E-state index in [0.717, 1.165) is 5.56 Å². The van der Waals surface area contributed by atoms with Crippen molar-refractivity contribution in [2.24, 2.45) is 0 Å². The van der Waals surface area contributed by atoms with E-state index >= 15 is 0 Å². The van der Waals surface area contributed by atoms with Crippen molar-refractivity contribution in [3.8, 4) is 0 Å². The summed E-state index contributed by atoms with van der Waals surface area (Å²) in [6.07, 6.45) is 3.46. The molecule has 2 aromatic heterocycles. The first-order valence-electron chi connectivity index (χ1n) is 7.65. The van der Waals surface area contributed by atoms with E-state index in [4.69, 9.17) is 11.6 Å². The second-order valence-electron chi connectivity index (χ2n) is 5.53. The third-order valence-corrected chi connectivity index (χ3v) is 3.95. The quantitative estimate of drug-likeness (QED) is 0.530. The third-order valence-electron chi connectivity index (χ3n) is 3.74. The maximum atomic E-state index is 13.0. The summed E-state index contributed by atoms with van der Waals surface area (Å²) < 4.78 is 13.0. The summed E-state index contributed by atoms with van der Waals surface area (Å²) in [6.45, 7) is 1.75. The molecule has 0 aliphatic rings. The number of nitrogens with one attached hydrogen (secondary N) is 1. The standard InChI is InChI=1S/C19H15ClFN3O/c1-12-16(6-7-19(20)23-12)18(25)10-13-8-9-22-11-17(13)24-15-4-2-14(21)3-5-15/h2-9,11,24H,10H2,1H3. The second-order valence-corrected chi connectivity index (χ2v) is 5.92. The minimum Gasteiger partial charge on any atom is -0.354 e. The molecule has 0 fully saturated rings. The van der Waals surface area contributed by atoms with Crippen LogP contribution >= 0.6 is 11.6 Å². The molecule has 126 valence electrons. The number of hydrogen-bond acceptors (Lipinski definition) is 4. The molecule has 1 N–H and O–H groups in total. The zero-order valence-corrected chi connectivity index (χ0v) is 14.2. The van der Waals surface area contributed by atoms with Crippen molar-refractivity contribution in [3.63, 3.8) is 0 Å². The van der Waals surface area contributed by atoms with Gasteiger partial charge in [0.1, 0.15) is 11.0 Å². The van der Waals surface area contributed by atoms with E-state index in [-0.39, 0.29) is 18.0 Å². The van der Waals surface area contributed by atoms with Crippen LogP contribution in [0.4, 0.5) is 15.8 Å². The Hall–Kier alpha value is -2.79. The van der Waals surface area contributed by atoms with Gasteiger partial charge in [0, 0.05) is 29.6 Å². The SMILES string of the molecule is Cc1nc(Cl)ccc1C(=O)Cc1ccncc1Nc1ccc(F)cc1. The number of ketones is 1. The van der Waals surface area contributed by atoms with Gasteiger partial charge in [-0.15, -0.1) is 0 Å². The molecule has 0 spiro atoms. The fourth-order valence-corrected chi connectivity index (χ4v) is 2.66. The van der Waals surface area contributed by atoms with E-state index in [1.165, 1.54) is 12.1 Å². The van der Waals surface area contributed by atoms with Crippen LogP contribution in [-0.2, 0) is 6.42 Å². The van der Waals surface area contributed by atoms with Crippen LogP contribution in [0.1, 0.15) is 21.6 Å². The summed E-state index contributed by atoms with van der Waals surface area (Å²) in [5.74, 6) is -0.368.